The molecule has 0 spiro atoms. The van der Waals surface area contributed by atoms with Gasteiger partial charge in [-0.2, -0.15) is 4.31 Å². The zero-order chi connectivity index (χ0) is 18.3. The van der Waals surface area contributed by atoms with Gasteiger partial charge in [-0.05, 0) is 30.3 Å². The van der Waals surface area contributed by atoms with Gasteiger partial charge in [0, 0.05) is 26.2 Å². The standard InChI is InChI=1S/C17H17FN4O3S/c18-13-3-1-2-4-16(13)21-7-9-22(10-8-21)26(24,25)12-5-6-14-15(11-12)20-17(23)19-14/h1-6,11H,7-10H2,(H2,19,20,23). The van der Waals surface area contributed by atoms with Crippen LogP contribution in [0.3, 0.4) is 0 Å². The van der Waals surface area contributed by atoms with Crippen LogP contribution < -0.4 is 10.6 Å². The van der Waals surface area contributed by atoms with E-state index in [0.717, 1.165) is 0 Å². The van der Waals surface area contributed by atoms with Gasteiger partial charge in [0.15, 0.2) is 0 Å². The molecule has 1 fully saturated rings. The molecule has 2 heterocycles. The van der Waals surface area contributed by atoms with Gasteiger partial charge >= 0.3 is 5.69 Å². The molecular weight excluding hydrogens is 359 g/mol. The Bertz CT molecular complexity index is 1110. The van der Waals surface area contributed by atoms with Crippen molar-refractivity contribution in [2.24, 2.45) is 0 Å². The Labute approximate surface area is 149 Å². The SMILES string of the molecule is O=c1[nH]c2ccc(S(=O)(=O)N3CCN(c4ccccc4F)CC3)cc2[nH]1. The first-order valence-corrected chi connectivity index (χ1v) is 9.61. The van der Waals surface area contributed by atoms with Crippen LogP contribution in [0.25, 0.3) is 11.0 Å². The van der Waals surface area contributed by atoms with Gasteiger partial charge in [-0.25, -0.2) is 17.6 Å². The minimum Gasteiger partial charge on any atom is -0.367 e. The van der Waals surface area contributed by atoms with E-state index in [2.05, 4.69) is 9.97 Å². The molecule has 136 valence electrons. The molecule has 26 heavy (non-hydrogen) atoms. The summed E-state index contributed by atoms with van der Waals surface area (Å²) in [6, 6.07) is 11.0. The van der Waals surface area contributed by atoms with Crippen LogP contribution in [-0.2, 0) is 10.0 Å². The molecule has 9 heteroatoms. The number of imidazole rings is 1. The second-order valence-corrected chi connectivity index (χ2v) is 8.07. The molecule has 1 aromatic heterocycles. The van der Waals surface area contributed by atoms with Gasteiger partial charge in [-0.15, -0.1) is 0 Å². The third-order valence-corrected chi connectivity index (χ3v) is 6.45. The van der Waals surface area contributed by atoms with E-state index in [1.807, 2.05) is 4.90 Å². The van der Waals surface area contributed by atoms with Crippen LogP contribution in [-0.4, -0.2) is 48.9 Å². The number of nitrogens with zero attached hydrogens (tertiary/aromatic N) is 2. The summed E-state index contributed by atoms with van der Waals surface area (Å²) in [7, 11) is -3.68. The Balaban J connectivity index is 1.55. The van der Waals surface area contributed by atoms with Crippen molar-refractivity contribution in [1.29, 1.82) is 0 Å². The van der Waals surface area contributed by atoms with Crippen molar-refractivity contribution in [2.45, 2.75) is 4.90 Å². The van der Waals surface area contributed by atoms with Gasteiger partial charge < -0.3 is 14.9 Å². The van der Waals surface area contributed by atoms with Crippen molar-refractivity contribution in [1.82, 2.24) is 14.3 Å². The van der Waals surface area contributed by atoms with Gasteiger partial charge in [0.25, 0.3) is 0 Å². The van der Waals surface area contributed by atoms with Crippen LogP contribution in [0.2, 0.25) is 0 Å². The minimum absolute atomic E-state index is 0.125. The zero-order valence-electron chi connectivity index (χ0n) is 13.8. The van der Waals surface area contributed by atoms with E-state index in [1.54, 1.807) is 24.3 Å². The van der Waals surface area contributed by atoms with Crippen LogP contribution in [0, 0.1) is 5.82 Å². The number of hydrogen-bond acceptors (Lipinski definition) is 4. The third kappa shape index (κ3) is 2.89. The van der Waals surface area contributed by atoms with Crippen LogP contribution in [0.15, 0.2) is 52.2 Å². The summed E-state index contributed by atoms with van der Waals surface area (Å²) in [6.45, 7) is 1.34. The van der Waals surface area contributed by atoms with E-state index in [0.29, 0.717) is 29.8 Å². The van der Waals surface area contributed by atoms with E-state index < -0.39 is 10.0 Å². The fraction of sp³-hybridized carbons (Fsp3) is 0.235. The van der Waals surface area contributed by atoms with Crippen molar-refractivity contribution in [2.75, 3.05) is 31.1 Å². The molecule has 0 aliphatic carbocycles. The Hall–Kier alpha value is -2.65. The van der Waals surface area contributed by atoms with Gasteiger partial charge in [0.05, 0.1) is 21.6 Å². The Morgan fingerprint density at radius 2 is 1.62 bits per heavy atom. The molecule has 2 N–H and O–H groups in total. The molecule has 1 aliphatic rings. The van der Waals surface area contributed by atoms with Gasteiger partial charge in [0.1, 0.15) is 5.82 Å². The molecular formula is C17H17FN4O3S. The molecule has 2 aromatic carbocycles. The van der Waals surface area contributed by atoms with Crippen LogP contribution in [0.4, 0.5) is 10.1 Å². The first-order valence-electron chi connectivity index (χ1n) is 8.17. The van der Waals surface area contributed by atoms with E-state index in [4.69, 9.17) is 0 Å². The lowest BCUT2D eigenvalue weighted by Gasteiger charge is -2.35. The van der Waals surface area contributed by atoms with Crippen molar-refractivity contribution >= 4 is 26.7 Å². The number of H-pyrrole nitrogens is 2. The largest absolute Gasteiger partial charge is 0.367 e. The summed E-state index contributed by atoms with van der Waals surface area (Å²) in [6.07, 6.45) is 0. The molecule has 1 saturated heterocycles. The van der Waals surface area contributed by atoms with Crippen molar-refractivity contribution < 1.29 is 12.8 Å². The molecule has 0 radical (unpaired) electrons. The quantitative estimate of drug-likeness (QED) is 0.725. The number of benzene rings is 2. The number of aromatic nitrogens is 2. The topological polar surface area (TPSA) is 89.3 Å². The molecule has 0 amide bonds. The maximum Gasteiger partial charge on any atom is 0.323 e. The van der Waals surface area contributed by atoms with Gasteiger partial charge in [-0.1, -0.05) is 12.1 Å². The highest BCUT2D eigenvalue weighted by Crippen LogP contribution is 2.24. The summed E-state index contributed by atoms with van der Waals surface area (Å²) in [5.41, 5.74) is 1.10. The van der Waals surface area contributed by atoms with Crippen molar-refractivity contribution in [3.8, 4) is 0 Å². The fourth-order valence-corrected chi connectivity index (χ4v) is 4.65. The Kier molecular flexibility index (Phi) is 4.04. The highest BCUT2D eigenvalue weighted by molar-refractivity contribution is 7.89. The smallest absolute Gasteiger partial charge is 0.323 e. The molecule has 4 rings (SSSR count). The molecule has 7 nitrogen and oxygen atoms in total. The molecule has 0 bridgehead atoms. The number of sulfonamides is 1. The predicted molar refractivity (Wildman–Crippen MR) is 96.3 cm³/mol. The summed E-state index contributed by atoms with van der Waals surface area (Å²) in [5.74, 6) is -0.314. The number of fused-ring (bicyclic) bond motifs is 1. The Morgan fingerprint density at radius 1 is 0.923 bits per heavy atom. The summed E-state index contributed by atoms with van der Waals surface area (Å²) >= 11 is 0. The lowest BCUT2D eigenvalue weighted by molar-refractivity contribution is 0.383. The summed E-state index contributed by atoms with van der Waals surface area (Å²) < 4.78 is 41.1. The fourth-order valence-electron chi connectivity index (χ4n) is 3.20. The highest BCUT2D eigenvalue weighted by Gasteiger charge is 2.29. The average Bonchev–Trinajstić information content (AvgIpc) is 3.01. The first-order chi connectivity index (χ1) is 12.4. The van der Waals surface area contributed by atoms with E-state index in [9.17, 15) is 17.6 Å². The normalized spacial score (nSPS) is 16.3. The van der Waals surface area contributed by atoms with Crippen molar-refractivity contribution in [3.05, 3.63) is 58.8 Å². The van der Waals surface area contributed by atoms with E-state index >= 15 is 0 Å². The number of halogens is 1. The van der Waals surface area contributed by atoms with Crippen LogP contribution in [0.5, 0.6) is 0 Å². The van der Waals surface area contributed by atoms with E-state index in [1.165, 1.54) is 22.5 Å². The maximum absolute atomic E-state index is 13.9. The first kappa shape index (κ1) is 16.8. The van der Waals surface area contributed by atoms with E-state index in [-0.39, 0.29) is 29.5 Å². The third-order valence-electron chi connectivity index (χ3n) is 4.56. The number of nitrogens with one attached hydrogen (secondary N) is 2. The Morgan fingerprint density at radius 3 is 2.35 bits per heavy atom. The number of para-hydroxylation sites is 1. The second kappa shape index (κ2) is 6.26. The number of piperazine rings is 1. The molecule has 0 unspecified atom stereocenters. The lowest BCUT2D eigenvalue weighted by atomic mass is 10.2. The lowest BCUT2D eigenvalue weighted by Crippen LogP contribution is -2.48. The number of rotatable bonds is 3. The number of aromatic amines is 2. The maximum atomic E-state index is 13.9. The molecule has 0 saturated carbocycles. The van der Waals surface area contributed by atoms with Gasteiger partial charge in [0.2, 0.25) is 10.0 Å². The molecule has 3 aromatic rings. The summed E-state index contributed by atoms with van der Waals surface area (Å²) in [5, 5.41) is 0. The van der Waals surface area contributed by atoms with Crippen LogP contribution >= 0.6 is 0 Å². The number of hydrogen-bond donors (Lipinski definition) is 2. The highest BCUT2D eigenvalue weighted by atomic mass is 32.2. The second-order valence-electron chi connectivity index (χ2n) is 6.13. The summed E-state index contributed by atoms with van der Waals surface area (Å²) in [4.78, 5) is 18.5. The monoisotopic (exact) mass is 376 g/mol. The minimum atomic E-state index is -3.68. The zero-order valence-corrected chi connectivity index (χ0v) is 14.6. The van der Waals surface area contributed by atoms with Gasteiger partial charge in [-0.3, -0.25) is 0 Å². The molecule has 1 aliphatic heterocycles. The predicted octanol–water partition coefficient (Wildman–Crippen LogP) is 1.51. The number of anilines is 1. The molecule has 0 atom stereocenters. The van der Waals surface area contributed by atoms with Crippen molar-refractivity contribution in [3.63, 3.8) is 0 Å². The average molecular weight is 376 g/mol. The van der Waals surface area contributed by atoms with Crippen LogP contribution in [0.1, 0.15) is 0 Å².